The molecule has 0 spiro atoms. The van der Waals surface area contributed by atoms with Crippen LogP contribution in [0.15, 0.2) is 36.9 Å². The van der Waals surface area contributed by atoms with Crippen molar-refractivity contribution in [2.45, 2.75) is 38.4 Å². The molecule has 1 aliphatic rings. The van der Waals surface area contributed by atoms with Crippen molar-refractivity contribution in [2.75, 3.05) is 18.4 Å². The molecule has 4 rings (SSSR count). The van der Waals surface area contributed by atoms with Crippen molar-refractivity contribution < 1.29 is 26.7 Å². The Bertz CT molecular complexity index is 1230. The Morgan fingerprint density at radius 2 is 1.86 bits per heavy atom. The lowest BCUT2D eigenvalue weighted by Gasteiger charge is -2.43. The Balaban J connectivity index is 1.60. The van der Waals surface area contributed by atoms with Gasteiger partial charge in [-0.25, -0.2) is 18.7 Å². The zero-order chi connectivity index (χ0) is 26.3. The lowest BCUT2D eigenvalue weighted by molar-refractivity contribution is -0.138. The summed E-state index contributed by atoms with van der Waals surface area (Å²) in [6.07, 6.45) is -0.551. The van der Waals surface area contributed by atoms with Gasteiger partial charge in [0, 0.05) is 44.8 Å². The summed E-state index contributed by atoms with van der Waals surface area (Å²) < 4.78 is 68.9. The average Bonchev–Trinajstić information content (AvgIpc) is 3.19. The number of anilines is 1. The fraction of sp³-hybridized carbons (Fsp3) is 0.435. The van der Waals surface area contributed by atoms with Crippen molar-refractivity contribution in [1.82, 2.24) is 29.6 Å². The van der Waals surface area contributed by atoms with E-state index in [-0.39, 0.29) is 18.2 Å². The van der Waals surface area contributed by atoms with E-state index < -0.39 is 48.5 Å². The summed E-state index contributed by atoms with van der Waals surface area (Å²) in [5.74, 6) is -4.56. The van der Waals surface area contributed by atoms with Gasteiger partial charge in [-0.1, -0.05) is 13.0 Å². The lowest BCUT2D eigenvalue weighted by atomic mass is 9.88. The number of rotatable bonds is 5. The molecule has 0 bridgehead atoms. The van der Waals surface area contributed by atoms with Gasteiger partial charge in [0.2, 0.25) is 5.95 Å². The fourth-order valence-electron chi connectivity index (χ4n) is 4.24. The van der Waals surface area contributed by atoms with E-state index in [0.29, 0.717) is 23.7 Å². The first-order valence-electron chi connectivity index (χ1n) is 11.1. The molecule has 3 aromatic rings. The van der Waals surface area contributed by atoms with Gasteiger partial charge in [-0.15, -0.1) is 0 Å². The normalized spacial score (nSPS) is 19.8. The molecule has 2 atom stereocenters. The molecule has 36 heavy (non-hydrogen) atoms. The highest BCUT2D eigenvalue weighted by Crippen LogP contribution is 2.36. The molecule has 192 valence electrons. The van der Waals surface area contributed by atoms with Gasteiger partial charge >= 0.3 is 6.18 Å². The zero-order valence-corrected chi connectivity index (χ0v) is 19.7. The van der Waals surface area contributed by atoms with E-state index in [1.165, 1.54) is 4.68 Å². The third kappa shape index (κ3) is 5.44. The maximum atomic E-state index is 14.6. The number of hydrogen-bond donors (Lipinski definition) is 1. The molecule has 4 heterocycles. The molecule has 1 saturated heterocycles. The predicted molar refractivity (Wildman–Crippen MR) is 120 cm³/mol. The first kappa shape index (κ1) is 25.5. The van der Waals surface area contributed by atoms with Crippen LogP contribution in [0.2, 0.25) is 0 Å². The second-order valence-corrected chi connectivity index (χ2v) is 9.00. The quantitative estimate of drug-likeness (QED) is 0.519. The van der Waals surface area contributed by atoms with Crippen LogP contribution >= 0.6 is 0 Å². The number of alkyl halides is 5. The summed E-state index contributed by atoms with van der Waals surface area (Å²) in [6, 6.07) is 2.82. The second-order valence-electron chi connectivity index (χ2n) is 9.00. The van der Waals surface area contributed by atoms with Gasteiger partial charge < -0.3 is 10.2 Å². The van der Waals surface area contributed by atoms with Crippen LogP contribution in [0.1, 0.15) is 35.0 Å². The Kier molecular flexibility index (Phi) is 6.67. The monoisotopic (exact) mass is 509 g/mol. The maximum absolute atomic E-state index is 14.6. The highest BCUT2D eigenvalue weighted by molar-refractivity contribution is 5.98. The number of pyridine rings is 1. The summed E-state index contributed by atoms with van der Waals surface area (Å²) in [4.78, 5) is 26.3. The van der Waals surface area contributed by atoms with Crippen LogP contribution in [0.3, 0.4) is 0 Å². The molecule has 1 unspecified atom stereocenters. The number of carbonyl (C=O) groups is 1. The predicted octanol–water partition coefficient (Wildman–Crippen LogP) is 4.20. The van der Waals surface area contributed by atoms with Crippen molar-refractivity contribution >= 4 is 11.9 Å². The molecule has 1 amide bonds. The maximum Gasteiger partial charge on any atom is 0.419 e. The smallest absolute Gasteiger partial charge is 0.352 e. The molecule has 0 radical (unpaired) electrons. The van der Waals surface area contributed by atoms with Crippen LogP contribution in [-0.4, -0.2) is 60.6 Å². The van der Waals surface area contributed by atoms with Crippen LogP contribution in [0.5, 0.6) is 0 Å². The van der Waals surface area contributed by atoms with E-state index in [2.05, 4.69) is 25.4 Å². The number of aryl methyl sites for hydroxylation is 2. The lowest BCUT2D eigenvalue weighted by Crippen LogP contribution is -2.57. The first-order chi connectivity index (χ1) is 16.8. The van der Waals surface area contributed by atoms with Gasteiger partial charge in [0.25, 0.3) is 11.8 Å². The van der Waals surface area contributed by atoms with Gasteiger partial charge in [0.1, 0.15) is 0 Å². The van der Waals surface area contributed by atoms with Crippen LogP contribution in [0, 0.1) is 12.8 Å². The van der Waals surface area contributed by atoms with Gasteiger partial charge in [-0.2, -0.15) is 18.3 Å². The molecule has 8 nitrogen and oxygen atoms in total. The van der Waals surface area contributed by atoms with Crippen LogP contribution in [-0.2, 0) is 13.2 Å². The second kappa shape index (κ2) is 9.43. The number of amides is 1. The molecular formula is C23H24F5N7O. The van der Waals surface area contributed by atoms with E-state index in [9.17, 15) is 26.7 Å². The summed E-state index contributed by atoms with van der Waals surface area (Å²) in [7, 11) is 1.61. The van der Waals surface area contributed by atoms with Gasteiger partial charge in [-0.3, -0.25) is 14.5 Å². The molecular weight excluding hydrogens is 485 g/mol. The number of nitrogens with one attached hydrogen (secondary N) is 1. The fourth-order valence-corrected chi connectivity index (χ4v) is 4.24. The topological polar surface area (TPSA) is 88.8 Å². The molecule has 0 saturated carbocycles. The number of nitrogens with zero attached hydrogens (tertiary/aromatic N) is 6. The highest BCUT2D eigenvalue weighted by Gasteiger charge is 2.47. The van der Waals surface area contributed by atoms with E-state index in [1.807, 2.05) is 13.0 Å². The molecule has 0 aromatic carbocycles. The van der Waals surface area contributed by atoms with E-state index in [0.717, 1.165) is 10.5 Å². The minimum absolute atomic E-state index is 0.0190. The van der Waals surface area contributed by atoms with Crippen LogP contribution in [0.4, 0.5) is 27.9 Å². The van der Waals surface area contributed by atoms with Crippen molar-refractivity contribution in [3.8, 4) is 11.3 Å². The summed E-state index contributed by atoms with van der Waals surface area (Å²) >= 11 is 0. The number of carbonyl (C=O) groups excluding carboxylic acids is 1. The number of halogens is 5. The highest BCUT2D eigenvalue weighted by atomic mass is 19.4. The number of likely N-dealkylation sites (tertiary alicyclic amines) is 1. The van der Waals surface area contributed by atoms with Gasteiger partial charge in [-0.05, 0) is 24.5 Å². The largest absolute Gasteiger partial charge is 0.419 e. The Labute approximate surface area is 203 Å². The summed E-state index contributed by atoms with van der Waals surface area (Å²) in [5.41, 5.74) is 0.762. The zero-order valence-electron chi connectivity index (χ0n) is 19.7. The van der Waals surface area contributed by atoms with Crippen molar-refractivity contribution in [3.63, 3.8) is 0 Å². The number of aromatic nitrogens is 5. The van der Waals surface area contributed by atoms with E-state index in [4.69, 9.17) is 0 Å². The third-order valence-corrected chi connectivity index (χ3v) is 6.01. The number of hydrogen-bond acceptors (Lipinski definition) is 6. The van der Waals surface area contributed by atoms with Gasteiger partial charge in [0.05, 0.1) is 29.4 Å². The SMILES string of the molecule is Cc1ccc(-c2cn(C)nc2C(=O)N2CC(F)(F)C[C@@H](C)C2CNc2ncc(C(F)(F)F)cn2)nc1. The van der Waals surface area contributed by atoms with Gasteiger partial charge in [0.15, 0.2) is 5.69 Å². The molecule has 1 fully saturated rings. The number of piperidine rings is 1. The molecule has 3 aromatic heterocycles. The minimum Gasteiger partial charge on any atom is -0.352 e. The average molecular weight is 509 g/mol. The molecule has 13 heteroatoms. The Morgan fingerprint density at radius 1 is 1.17 bits per heavy atom. The standard InChI is InChI=1S/C23H24F5N7O/c1-13-4-5-17(29-7-13)16-11-34(3)33-19(16)20(36)35-12-22(24,25)6-14(2)18(35)10-32-21-30-8-15(9-31-21)23(26,27)28/h4-5,7-9,11,14,18H,6,10,12H2,1-3H3,(H,30,31,32)/t14-,18?/m1/s1. The minimum atomic E-state index is -4.59. The molecule has 1 aliphatic heterocycles. The Morgan fingerprint density at radius 3 is 2.47 bits per heavy atom. The van der Waals surface area contributed by atoms with Crippen molar-refractivity contribution in [3.05, 3.63) is 53.7 Å². The van der Waals surface area contributed by atoms with Crippen molar-refractivity contribution in [1.29, 1.82) is 0 Å². The van der Waals surface area contributed by atoms with Crippen LogP contribution in [0.25, 0.3) is 11.3 Å². The van der Waals surface area contributed by atoms with Crippen LogP contribution < -0.4 is 5.32 Å². The molecule has 1 N–H and O–H groups in total. The van der Waals surface area contributed by atoms with E-state index >= 15 is 0 Å². The third-order valence-electron chi connectivity index (χ3n) is 6.01. The van der Waals surface area contributed by atoms with Crippen molar-refractivity contribution in [2.24, 2.45) is 13.0 Å². The molecule has 0 aliphatic carbocycles. The summed E-state index contributed by atoms with van der Waals surface area (Å²) in [5, 5.41) is 7.01. The summed E-state index contributed by atoms with van der Waals surface area (Å²) in [6.45, 7) is 2.59. The first-order valence-corrected chi connectivity index (χ1v) is 11.1. The Hall–Kier alpha value is -3.64. The van der Waals surface area contributed by atoms with E-state index in [1.54, 1.807) is 32.4 Å².